The number of hydrogen-bond donors (Lipinski definition) is 2. The third-order valence-electron chi connectivity index (χ3n) is 4.98. The number of nitrogens with zero attached hydrogens (tertiary/aromatic N) is 3. The van der Waals surface area contributed by atoms with Gasteiger partial charge in [-0.3, -0.25) is 9.78 Å². The fourth-order valence-corrected chi connectivity index (χ4v) is 3.90. The quantitative estimate of drug-likeness (QED) is 0.445. The van der Waals surface area contributed by atoms with Crippen LogP contribution >= 0.6 is 0 Å². The first-order chi connectivity index (χ1) is 15.9. The van der Waals surface area contributed by atoms with Gasteiger partial charge in [-0.15, -0.1) is 0 Å². The number of primary amides is 1. The van der Waals surface area contributed by atoms with Crippen LogP contribution in [0.5, 0.6) is 0 Å². The maximum atomic E-state index is 13.6. The van der Waals surface area contributed by atoms with E-state index in [0.717, 1.165) is 22.9 Å². The Morgan fingerprint density at radius 2 is 1.56 bits per heavy atom. The van der Waals surface area contributed by atoms with Crippen LogP contribution in [-0.2, 0) is 16.2 Å². The van der Waals surface area contributed by atoms with Crippen molar-refractivity contribution in [1.29, 1.82) is 0 Å². The van der Waals surface area contributed by atoms with Crippen LogP contribution in [0.25, 0.3) is 28.1 Å². The molecule has 1 amide bonds. The summed E-state index contributed by atoms with van der Waals surface area (Å²) in [5.74, 6) is -0.845. The van der Waals surface area contributed by atoms with Crippen LogP contribution in [0.15, 0.2) is 78.0 Å². The van der Waals surface area contributed by atoms with Crippen molar-refractivity contribution in [1.82, 2.24) is 14.8 Å². The van der Waals surface area contributed by atoms with Crippen molar-refractivity contribution in [2.24, 2.45) is 10.9 Å². The number of carbonyl (C=O) groups excluding carboxylic acids is 1. The Morgan fingerprint density at radius 1 is 0.912 bits per heavy atom. The first kappa shape index (κ1) is 23.1. The van der Waals surface area contributed by atoms with Crippen molar-refractivity contribution in [2.45, 2.75) is 11.1 Å². The normalized spacial score (nSPS) is 12.0. The van der Waals surface area contributed by atoms with Gasteiger partial charge < -0.3 is 5.73 Å². The number of pyridine rings is 1. The molecular weight excluding hydrogens is 471 g/mol. The van der Waals surface area contributed by atoms with Gasteiger partial charge in [0.2, 0.25) is 15.9 Å². The van der Waals surface area contributed by atoms with Crippen LogP contribution in [-0.4, -0.2) is 29.1 Å². The standard InChI is InChI=1S/C22H16F3N5O3S/c23-22(24,25)20-12-19(30(29-20)15-2-4-16(5-3-15)34(27,32)33)18-11-14(1-6-17(18)21(26)31)13-7-9-28-10-8-13/h1-12H,(H2,26,31)(H2,27,32,33). The van der Waals surface area contributed by atoms with E-state index in [1.807, 2.05) is 0 Å². The fourth-order valence-electron chi connectivity index (χ4n) is 3.38. The number of amides is 1. The van der Waals surface area contributed by atoms with E-state index in [0.29, 0.717) is 11.1 Å². The largest absolute Gasteiger partial charge is 0.435 e. The Labute approximate surface area is 191 Å². The van der Waals surface area contributed by atoms with Crippen molar-refractivity contribution in [3.63, 3.8) is 0 Å². The zero-order valence-corrected chi connectivity index (χ0v) is 18.0. The second-order valence-corrected chi connectivity index (χ2v) is 8.79. The highest BCUT2D eigenvalue weighted by Gasteiger charge is 2.36. The van der Waals surface area contributed by atoms with Gasteiger partial charge in [0.05, 0.1) is 16.3 Å². The van der Waals surface area contributed by atoms with E-state index >= 15 is 0 Å². The number of nitrogens with two attached hydrogens (primary N) is 2. The van der Waals surface area contributed by atoms with E-state index in [1.54, 1.807) is 30.6 Å². The summed E-state index contributed by atoms with van der Waals surface area (Å²) in [4.78, 5) is 15.8. The van der Waals surface area contributed by atoms with Crippen molar-refractivity contribution >= 4 is 15.9 Å². The monoisotopic (exact) mass is 487 g/mol. The lowest BCUT2D eigenvalue weighted by Gasteiger charge is -2.13. The average Bonchev–Trinajstić information content (AvgIpc) is 3.25. The van der Waals surface area contributed by atoms with Crippen LogP contribution in [0.2, 0.25) is 0 Å². The average molecular weight is 487 g/mol. The van der Waals surface area contributed by atoms with E-state index in [2.05, 4.69) is 10.1 Å². The Balaban J connectivity index is 1.97. The molecule has 0 saturated heterocycles. The van der Waals surface area contributed by atoms with E-state index in [-0.39, 0.29) is 27.4 Å². The lowest BCUT2D eigenvalue weighted by atomic mass is 9.97. The second-order valence-electron chi connectivity index (χ2n) is 7.22. The molecule has 174 valence electrons. The summed E-state index contributed by atoms with van der Waals surface area (Å²) in [7, 11) is -4.01. The van der Waals surface area contributed by atoms with Crippen LogP contribution in [0.4, 0.5) is 13.2 Å². The molecule has 2 aromatic heterocycles. The highest BCUT2D eigenvalue weighted by atomic mass is 32.2. The third kappa shape index (κ3) is 4.54. The molecule has 4 N–H and O–H groups in total. The summed E-state index contributed by atoms with van der Waals surface area (Å²) in [6, 6.07) is 13.6. The maximum absolute atomic E-state index is 13.6. The number of halogens is 3. The van der Waals surface area contributed by atoms with Crippen LogP contribution in [0, 0.1) is 0 Å². The molecule has 12 heteroatoms. The molecule has 2 aromatic carbocycles. The predicted octanol–water partition coefficient (Wildman–Crippen LogP) is 3.37. The lowest BCUT2D eigenvalue weighted by Crippen LogP contribution is -2.14. The fraction of sp³-hybridized carbons (Fsp3) is 0.0455. The molecule has 0 bridgehead atoms. The van der Waals surface area contributed by atoms with Gasteiger partial charge in [0.25, 0.3) is 0 Å². The van der Waals surface area contributed by atoms with Crippen LogP contribution < -0.4 is 10.9 Å². The highest BCUT2D eigenvalue weighted by molar-refractivity contribution is 7.89. The molecule has 34 heavy (non-hydrogen) atoms. The van der Waals surface area contributed by atoms with Gasteiger partial charge in [-0.2, -0.15) is 18.3 Å². The number of rotatable bonds is 5. The number of primary sulfonamides is 1. The summed E-state index contributed by atoms with van der Waals surface area (Å²) >= 11 is 0. The summed E-state index contributed by atoms with van der Waals surface area (Å²) in [6.07, 6.45) is -1.68. The molecule has 0 fully saturated rings. The van der Waals surface area contributed by atoms with Gasteiger partial charge in [-0.25, -0.2) is 18.2 Å². The van der Waals surface area contributed by atoms with Gasteiger partial charge in [0.15, 0.2) is 5.69 Å². The van der Waals surface area contributed by atoms with Gasteiger partial charge in [-0.1, -0.05) is 6.07 Å². The summed E-state index contributed by atoms with van der Waals surface area (Å²) < 4.78 is 64.8. The molecule has 4 aromatic rings. The molecule has 2 heterocycles. The zero-order chi connectivity index (χ0) is 24.7. The third-order valence-corrected chi connectivity index (χ3v) is 5.91. The smallest absolute Gasteiger partial charge is 0.366 e. The Kier molecular flexibility index (Phi) is 5.71. The zero-order valence-electron chi connectivity index (χ0n) is 17.2. The van der Waals surface area contributed by atoms with Crippen molar-refractivity contribution in [3.8, 4) is 28.1 Å². The number of hydrogen-bond acceptors (Lipinski definition) is 5. The van der Waals surface area contributed by atoms with E-state index in [1.165, 1.54) is 24.3 Å². The van der Waals surface area contributed by atoms with Gasteiger partial charge >= 0.3 is 6.18 Å². The molecular formula is C22H16F3N5O3S. The highest BCUT2D eigenvalue weighted by Crippen LogP contribution is 2.36. The molecule has 0 aliphatic heterocycles. The molecule has 0 spiro atoms. The van der Waals surface area contributed by atoms with Gasteiger partial charge in [0.1, 0.15) is 0 Å². The maximum Gasteiger partial charge on any atom is 0.435 e. The lowest BCUT2D eigenvalue weighted by molar-refractivity contribution is -0.141. The van der Waals surface area contributed by atoms with Crippen molar-refractivity contribution in [2.75, 3.05) is 0 Å². The second kappa shape index (κ2) is 8.39. The Bertz CT molecular complexity index is 1480. The van der Waals surface area contributed by atoms with Crippen molar-refractivity contribution < 1.29 is 26.4 Å². The van der Waals surface area contributed by atoms with Crippen LogP contribution in [0.3, 0.4) is 0 Å². The molecule has 0 aliphatic carbocycles. The predicted molar refractivity (Wildman–Crippen MR) is 117 cm³/mol. The first-order valence-corrected chi connectivity index (χ1v) is 11.1. The van der Waals surface area contributed by atoms with E-state index in [9.17, 15) is 26.4 Å². The molecule has 0 radical (unpaired) electrons. The summed E-state index contributed by atoms with van der Waals surface area (Å²) in [5, 5.41) is 8.77. The van der Waals surface area contributed by atoms with E-state index in [4.69, 9.17) is 10.9 Å². The minimum atomic E-state index is -4.78. The molecule has 0 saturated carbocycles. The minimum Gasteiger partial charge on any atom is -0.366 e. The van der Waals surface area contributed by atoms with E-state index < -0.39 is 27.8 Å². The molecule has 0 unspecified atom stereocenters. The molecule has 4 rings (SSSR count). The van der Waals surface area contributed by atoms with Crippen LogP contribution in [0.1, 0.15) is 16.1 Å². The number of benzene rings is 2. The van der Waals surface area contributed by atoms with Gasteiger partial charge in [-0.05, 0) is 65.7 Å². The molecule has 8 nitrogen and oxygen atoms in total. The minimum absolute atomic E-state index is 0.0196. The summed E-state index contributed by atoms with van der Waals surface area (Å²) in [5.41, 5.74) is 5.76. The molecule has 0 atom stereocenters. The number of carbonyl (C=O) groups is 1. The Morgan fingerprint density at radius 3 is 2.12 bits per heavy atom. The topological polar surface area (TPSA) is 134 Å². The SMILES string of the molecule is NC(=O)c1ccc(-c2ccncc2)cc1-c1cc(C(F)(F)F)nn1-c1ccc(S(N)(=O)=O)cc1. The number of aromatic nitrogens is 3. The first-order valence-electron chi connectivity index (χ1n) is 9.60. The summed E-state index contributed by atoms with van der Waals surface area (Å²) in [6.45, 7) is 0. The Hall–Kier alpha value is -4.03. The van der Waals surface area contributed by atoms with Gasteiger partial charge in [0, 0.05) is 23.5 Å². The number of alkyl halides is 3. The number of sulfonamides is 1. The molecule has 0 aliphatic rings. The van der Waals surface area contributed by atoms with Crippen molar-refractivity contribution in [3.05, 3.63) is 84.3 Å².